The Morgan fingerprint density at radius 2 is 2.13 bits per heavy atom. The number of guanidine groups is 1. The van der Waals surface area contributed by atoms with Gasteiger partial charge in [-0.3, -0.25) is 5.10 Å². The topological polar surface area (TPSA) is 69.2 Å². The van der Waals surface area contributed by atoms with Gasteiger partial charge in [0.25, 0.3) is 0 Å². The molecule has 1 aliphatic heterocycles. The molecule has 0 amide bonds. The Labute approximate surface area is 182 Å². The zero-order chi connectivity index (χ0) is 20.6. The molecule has 1 aromatic heterocycles. The van der Waals surface area contributed by atoms with Gasteiger partial charge in [-0.2, -0.15) is 5.10 Å². The number of hydrogen-bond donors (Lipinski definition) is 2. The standard InChI is InChI=1S/C23H28N6S/c1-2-24-23(25-14-18-7-6-8-20(13-18)22-26-17-27-28-22)29-12-11-19(15-29)16-30-21-9-4-3-5-10-21/h3-10,13,17,19H,2,11-12,14-16H2,1H3,(H,24,25)(H,26,27,28). The second kappa shape index (κ2) is 10.3. The third-order valence-electron chi connectivity index (χ3n) is 5.18. The summed E-state index contributed by atoms with van der Waals surface area (Å²) in [6.07, 6.45) is 2.74. The summed E-state index contributed by atoms with van der Waals surface area (Å²) in [7, 11) is 0. The van der Waals surface area contributed by atoms with Gasteiger partial charge < -0.3 is 10.2 Å². The molecule has 2 N–H and O–H groups in total. The Hall–Kier alpha value is -2.80. The van der Waals surface area contributed by atoms with E-state index in [1.807, 2.05) is 23.9 Å². The summed E-state index contributed by atoms with van der Waals surface area (Å²) < 4.78 is 0. The molecule has 0 radical (unpaired) electrons. The number of nitrogens with zero attached hydrogens (tertiary/aromatic N) is 4. The molecule has 1 fully saturated rings. The average molecular weight is 421 g/mol. The van der Waals surface area contributed by atoms with Crippen LogP contribution in [0.25, 0.3) is 11.4 Å². The molecular weight excluding hydrogens is 392 g/mol. The summed E-state index contributed by atoms with van der Waals surface area (Å²) in [4.78, 5) is 12.9. The number of aromatic amines is 1. The molecule has 2 aromatic carbocycles. The predicted molar refractivity (Wildman–Crippen MR) is 123 cm³/mol. The van der Waals surface area contributed by atoms with E-state index < -0.39 is 0 Å². The average Bonchev–Trinajstić information content (AvgIpc) is 3.49. The van der Waals surface area contributed by atoms with Crippen molar-refractivity contribution in [3.63, 3.8) is 0 Å². The van der Waals surface area contributed by atoms with Gasteiger partial charge in [-0.05, 0) is 43.0 Å². The van der Waals surface area contributed by atoms with Crippen LogP contribution in [-0.4, -0.2) is 51.4 Å². The first-order valence-electron chi connectivity index (χ1n) is 10.5. The molecule has 1 unspecified atom stereocenters. The van der Waals surface area contributed by atoms with Gasteiger partial charge in [-0.1, -0.05) is 36.4 Å². The third-order valence-corrected chi connectivity index (χ3v) is 6.42. The smallest absolute Gasteiger partial charge is 0.194 e. The Balaban J connectivity index is 1.36. The molecule has 7 heteroatoms. The predicted octanol–water partition coefficient (Wildman–Crippen LogP) is 4.05. The van der Waals surface area contributed by atoms with Crippen molar-refractivity contribution in [2.75, 3.05) is 25.4 Å². The summed E-state index contributed by atoms with van der Waals surface area (Å²) in [5.74, 6) is 3.63. The Morgan fingerprint density at radius 1 is 1.23 bits per heavy atom. The van der Waals surface area contributed by atoms with Gasteiger partial charge in [0.05, 0.1) is 6.54 Å². The number of rotatable bonds is 7. The van der Waals surface area contributed by atoms with Crippen LogP contribution in [0.1, 0.15) is 18.9 Å². The van der Waals surface area contributed by atoms with Crippen LogP contribution in [0.15, 0.2) is 70.8 Å². The van der Waals surface area contributed by atoms with E-state index in [4.69, 9.17) is 4.99 Å². The normalized spacial score (nSPS) is 16.8. The lowest BCUT2D eigenvalue weighted by atomic mass is 10.1. The molecule has 30 heavy (non-hydrogen) atoms. The first kappa shape index (κ1) is 20.5. The van der Waals surface area contributed by atoms with E-state index in [9.17, 15) is 0 Å². The highest BCUT2D eigenvalue weighted by atomic mass is 32.2. The van der Waals surface area contributed by atoms with Crippen LogP contribution in [0, 0.1) is 5.92 Å². The summed E-state index contributed by atoms with van der Waals surface area (Å²) >= 11 is 1.95. The molecule has 0 bridgehead atoms. The Kier molecular flexibility index (Phi) is 7.03. The summed E-state index contributed by atoms with van der Waals surface area (Å²) in [6, 6.07) is 19.0. The lowest BCUT2D eigenvalue weighted by molar-refractivity contribution is 0.474. The maximum atomic E-state index is 4.92. The van der Waals surface area contributed by atoms with Crippen LogP contribution < -0.4 is 5.32 Å². The number of H-pyrrole nitrogens is 1. The van der Waals surface area contributed by atoms with E-state index in [-0.39, 0.29) is 0 Å². The summed E-state index contributed by atoms with van der Waals surface area (Å²) in [5, 5.41) is 10.3. The fraction of sp³-hybridized carbons (Fsp3) is 0.348. The van der Waals surface area contributed by atoms with Gasteiger partial charge >= 0.3 is 0 Å². The number of aliphatic imine (C=N–C) groups is 1. The molecule has 0 spiro atoms. The molecule has 1 atom stereocenters. The Morgan fingerprint density at radius 3 is 2.93 bits per heavy atom. The van der Waals surface area contributed by atoms with Gasteiger partial charge in [0.1, 0.15) is 6.33 Å². The first-order chi connectivity index (χ1) is 14.8. The fourth-order valence-corrected chi connectivity index (χ4v) is 4.70. The van der Waals surface area contributed by atoms with Crippen molar-refractivity contribution in [2.24, 2.45) is 10.9 Å². The van der Waals surface area contributed by atoms with Crippen LogP contribution in [0.4, 0.5) is 0 Å². The lowest BCUT2D eigenvalue weighted by Crippen LogP contribution is -2.40. The van der Waals surface area contributed by atoms with E-state index in [2.05, 4.69) is 74.8 Å². The summed E-state index contributed by atoms with van der Waals surface area (Å²) in [5.41, 5.74) is 2.19. The fourth-order valence-electron chi connectivity index (χ4n) is 3.65. The molecule has 6 nitrogen and oxygen atoms in total. The van der Waals surface area contributed by atoms with E-state index in [1.165, 1.54) is 17.6 Å². The van der Waals surface area contributed by atoms with E-state index in [0.717, 1.165) is 48.3 Å². The highest BCUT2D eigenvalue weighted by Gasteiger charge is 2.24. The minimum Gasteiger partial charge on any atom is -0.357 e. The molecule has 1 saturated heterocycles. The summed E-state index contributed by atoms with van der Waals surface area (Å²) in [6.45, 7) is 5.76. The minimum atomic E-state index is 0.643. The molecular formula is C23H28N6S. The van der Waals surface area contributed by atoms with Crippen molar-refractivity contribution < 1.29 is 0 Å². The van der Waals surface area contributed by atoms with Gasteiger partial charge in [0, 0.05) is 35.8 Å². The van der Waals surface area contributed by atoms with Crippen LogP contribution >= 0.6 is 11.8 Å². The van der Waals surface area contributed by atoms with Gasteiger partial charge in [-0.15, -0.1) is 11.8 Å². The van der Waals surface area contributed by atoms with Crippen molar-refractivity contribution in [1.29, 1.82) is 0 Å². The van der Waals surface area contributed by atoms with Crippen molar-refractivity contribution >= 4 is 17.7 Å². The van der Waals surface area contributed by atoms with E-state index >= 15 is 0 Å². The number of hydrogen-bond acceptors (Lipinski definition) is 4. The molecule has 1 aliphatic rings. The number of aromatic nitrogens is 3. The molecule has 0 aliphatic carbocycles. The number of benzene rings is 2. The maximum absolute atomic E-state index is 4.92. The highest BCUT2D eigenvalue weighted by molar-refractivity contribution is 7.99. The number of nitrogens with one attached hydrogen (secondary N) is 2. The monoisotopic (exact) mass is 420 g/mol. The first-order valence-corrected chi connectivity index (χ1v) is 11.5. The Bertz CT molecular complexity index is 941. The van der Waals surface area contributed by atoms with Gasteiger partial charge in [-0.25, -0.2) is 9.98 Å². The van der Waals surface area contributed by atoms with Gasteiger partial charge in [0.2, 0.25) is 0 Å². The second-order valence-corrected chi connectivity index (χ2v) is 8.52. The van der Waals surface area contributed by atoms with E-state index in [1.54, 1.807) is 0 Å². The van der Waals surface area contributed by atoms with Crippen molar-refractivity contribution in [2.45, 2.75) is 24.8 Å². The highest BCUT2D eigenvalue weighted by Crippen LogP contribution is 2.26. The van der Waals surface area contributed by atoms with Crippen molar-refractivity contribution in [1.82, 2.24) is 25.4 Å². The van der Waals surface area contributed by atoms with Crippen LogP contribution in [0.2, 0.25) is 0 Å². The zero-order valence-electron chi connectivity index (χ0n) is 17.3. The van der Waals surface area contributed by atoms with Crippen LogP contribution in [0.3, 0.4) is 0 Å². The quantitative estimate of drug-likeness (QED) is 0.343. The zero-order valence-corrected chi connectivity index (χ0v) is 18.1. The minimum absolute atomic E-state index is 0.643. The third kappa shape index (κ3) is 5.42. The number of likely N-dealkylation sites (tertiary alicyclic amines) is 1. The molecule has 156 valence electrons. The SMILES string of the molecule is CCNC(=NCc1cccc(-c2ncn[nH]2)c1)N1CCC(CSc2ccccc2)C1. The van der Waals surface area contributed by atoms with Crippen LogP contribution in [-0.2, 0) is 6.54 Å². The molecule has 4 rings (SSSR count). The van der Waals surface area contributed by atoms with Gasteiger partial charge in [0.15, 0.2) is 11.8 Å². The molecule has 0 saturated carbocycles. The largest absolute Gasteiger partial charge is 0.357 e. The molecule has 3 aromatic rings. The maximum Gasteiger partial charge on any atom is 0.194 e. The van der Waals surface area contributed by atoms with Crippen molar-refractivity contribution in [3.8, 4) is 11.4 Å². The van der Waals surface area contributed by atoms with E-state index in [0.29, 0.717) is 12.5 Å². The lowest BCUT2D eigenvalue weighted by Gasteiger charge is -2.21. The number of thioether (sulfide) groups is 1. The molecule has 2 heterocycles. The van der Waals surface area contributed by atoms with Crippen LogP contribution in [0.5, 0.6) is 0 Å². The van der Waals surface area contributed by atoms with Crippen molar-refractivity contribution in [3.05, 3.63) is 66.5 Å². The second-order valence-electron chi connectivity index (χ2n) is 7.43.